The van der Waals surface area contributed by atoms with Crippen LogP contribution in [0.5, 0.6) is 0 Å². The van der Waals surface area contributed by atoms with Crippen LogP contribution in [0.1, 0.15) is 72.2 Å². The van der Waals surface area contributed by atoms with E-state index in [0.29, 0.717) is 17.7 Å². The highest BCUT2D eigenvalue weighted by Gasteiger charge is 2.45. The van der Waals surface area contributed by atoms with Gasteiger partial charge in [-0.1, -0.05) is 19.9 Å². The summed E-state index contributed by atoms with van der Waals surface area (Å²) in [5.41, 5.74) is 7.88. The minimum Gasteiger partial charge on any atom is -0.326 e. The summed E-state index contributed by atoms with van der Waals surface area (Å²) < 4.78 is 0. The highest BCUT2D eigenvalue weighted by Crippen LogP contribution is 2.36. The molecule has 2 saturated heterocycles. The van der Waals surface area contributed by atoms with E-state index in [1.54, 1.807) is 12.1 Å². The lowest BCUT2D eigenvalue weighted by molar-refractivity contribution is -0.136. The minimum atomic E-state index is -0.942. The van der Waals surface area contributed by atoms with E-state index in [9.17, 15) is 19.2 Å². The summed E-state index contributed by atoms with van der Waals surface area (Å²) in [6, 6.07) is 4.50. The van der Waals surface area contributed by atoms with Crippen molar-refractivity contribution in [1.29, 1.82) is 0 Å². The van der Waals surface area contributed by atoms with Crippen LogP contribution in [0, 0.1) is 0 Å². The molecule has 2 atom stereocenters. The first-order valence-electron chi connectivity index (χ1n) is 10.6. The van der Waals surface area contributed by atoms with Crippen molar-refractivity contribution in [3.8, 4) is 0 Å². The number of fused-ring (bicyclic) bond motifs is 1. The van der Waals surface area contributed by atoms with E-state index in [-0.39, 0.29) is 30.3 Å². The van der Waals surface area contributed by atoms with Gasteiger partial charge in [0.1, 0.15) is 6.04 Å². The number of carbonyl (C=O) groups is 4. The van der Waals surface area contributed by atoms with Crippen molar-refractivity contribution >= 4 is 23.6 Å². The molecule has 4 rings (SSSR count). The number of hydrogen-bond acceptors (Lipinski definition) is 6. The topological polar surface area (TPSA) is 113 Å². The fourth-order valence-electron chi connectivity index (χ4n) is 5.21. The molecule has 1 aromatic rings. The molecule has 3 aliphatic heterocycles. The van der Waals surface area contributed by atoms with Crippen molar-refractivity contribution in [2.45, 2.75) is 70.1 Å². The van der Waals surface area contributed by atoms with Crippen LogP contribution in [0.3, 0.4) is 0 Å². The minimum absolute atomic E-state index is 0.0526. The van der Waals surface area contributed by atoms with Crippen LogP contribution in [-0.2, 0) is 16.1 Å². The Morgan fingerprint density at radius 2 is 1.80 bits per heavy atom. The quantitative estimate of drug-likeness (QED) is 0.702. The summed E-state index contributed by atoms with van der Waals surface area (Å²) >= 11 is 0. The largest absolute Gasteiger partial charge is 0.326 e. The first kappa shape index (κ1) is 20.7. The van der Waals surface area contributed by atoms with E-state index < -0.39 is 23.8 Å². The molecule has 8 heteroatoms. The molecule has 8 nitrogen and oxygen atoms in total. The molecule has 30 heavy (non-hydrogen) atoms. The maximum atomic E-state index is 13.0. The fraction of sp³-hybridized carbons (Fsp3) is 0.545. The van der Waals surface area contributed by atoms with Crippen LogP contribution in [0.15, 0.2) is 18.2 Å². The molecule has 0 aromatic heterocycles. The molecule has 0 radical (unpaired) electrons. The summed E-state index contributed by atoms with van der Waals surface area (Å²) in [6.45, 7) is 5.81. The Morgan fingerprint density at radius 1 is 1.10 bits per heavy atom. The average molecular weight is 412 g/mol. The van der Waals surface area contributed by atoms with Gasteiger partial charge in [-0.05, 0) is 43.4 Å². The van der Waals surface area contributed by atoms with Crippen LogP contribution >= 0.6 is 0 Å². The third-order valence-electron chi connectivity index (χ3n) is 6.96. The number of nitrogens with two attached hydrogens (primary N) is 1. The lowest BCUT2D eigenvalue weighted by Gasteiger charge is -2.37. The molecule has 0 bridgehead atoms. The Balaban J connectivity index is 1.58. The lowest BCUT2D eigenvalue weighted by Crippen LogP contribution is -2.54. The van der Waals surface area contributed by atoms with Crippen molar-refractivity contribution in [2.75, 3.05) is 6.54 Å². The third kappa shape index (κ3) is 3.24. The number of likely N-dealkylation sites (tertiary alicyclic amines) is 1. The van der Waals surface area contributed by atoms with Gasteiger partial charge in [0.05, 0.1) is 11.1 Å². The number of nitrogens with zero attached hydrogens (tertiary/aromatic N) is 2. The van der Waals surface area contributed by atoms with Gasteiger partial charge in [-0.15, -0.1) is 0 Å². The first-order chi connectivity index (χ1) is 14.3. The summed E-state index contributed by atoms with van der Waals surface area (Å²) in [4.78, 5) is 52.9. The summed E-state index contributed by atoms with van der Waals surface area (Å²) in [5.74, 6) is -1.92. The number of benzene rings is 1. The molecular weight excluding hydrogens is 384 g/mol. The van der Waals surface area contributed by atoms with Gasteiger partial charge < -0.3 is 5.73 Å². The summed E-state index contributed by atoms with van der Waals surface area (Å²) in [7, 11) is 0. The summed E-state index contributed by atoms with van der Waals surface area (Å²) in [5, 5.41) is 2.22. The number of nitrogens with one attached hydrogen (secondary N) is 1. The molecule has 3 aliphatic rings. The Labute approximate surface area is 175 Å². The zero-order valence-corrected chi connectivity index (χ0v) is 17.4. The smallest absolute Gasteiger partial charge is 0.262 e. The molecule has 0 saturated carbocycles. The standard InChI is InChI=1S/C22H28N4O4/c1-3-22(4-2)10-14(23)12-25(22)11-13-5-6-15-16(9-13)21(30)26(20(15)29)17-7-8-18(27)24-19(17)28/h5-6,9,14,17H,3-4,7-8,10-12,23H2,1-2H3,(H,24,27,28). The molecule has 4 amide bonds. The van der Waals surface area contributed by atoms with E-state index in [4.69, 9.17) is 5.73 Å². The Morgan fingerprint density at radius 3 is 2.47 bits per heavy atom. The number of imide groups is 2. The Kier molecular flexibility index (Phi) is 5.23. The number of amides is 4. The van der Waals surface area contributed by atoms with Gasteiger partial charge in [-0.25, -0.2) is 0 Å². The molecule has 2 fully saturated rings. The third-order valence-corrected chi connectivity index (χ3v) is 6.96. The highest BCUT2D eigenvalue weighted by molar-refractivity contribution is 6.23. The van der Waals surface area contributed by atoms with Gasteiger partial charge in [-0.3, -0.25) is 34.3 Å². The zero-order chi connectivity index (χ0) is 21.6. The second kappa shape index (κ2) is 7.59. The predicted octanol–water partition coefficient (Wildman–Crippen LogP) is 1.18. The van der Waals surface area contributed by atoms with Crippen LogP contribution in [0.2, 0.25) is 0 Å². The van der Waals surface area contributed by atoms with Gasteiger partial charge in [0, 0.05) is 31.1 Å². The number of rotatable bonds is 5. The van der Waals surface area contributed by atoms with Crippen LogP contribution in [-0.4, -0.2) is 57.6 Å². The van der Waals surface area contributed by atoms with Crippen LogP contribution in [0.4, 0.5) is 0 Å². The SMILES string of the molecule is CCC1(CC)CC(N)CN1Cc1ccc2c(c1)C(=O)N(C1CCC(=O)NC1=O)C2=O. The lowest BCUT2D eigenvalue weighted by atomic mass is 9.88. The maximum absolute atomic E-state index is 13.0. The van der Waals surface area contributed by atoms with Gasteiger partial charge in [0.15, 0.2) is 0 Å². The zero-order valence-electron chi connectivity index (χ0n) is 17.4. The van der Waals surface area contributed by atoms with Gasteiger partial charge in [0.2, 0.25) is 11.8 Å². The van der Waals surface area contributed by atoms with Crippen molar-refractivity contribution < 1.29 is 19.2 Å². The molecule has 1 aromatic carbocycles. The normalized spacial score (nSPS) is 26.3. The molecular formula is C22H28N4O4. The highest BCUT2D eigenvalue weighted by atomic mass is 16.2. The fourth-order valence-corrected chi connectivity index (χ4v) is 5.21. The number of carbonyl (C=O) groups excluding carboxylic acids is 4. The Bertz CT molecular complexity index is 924. The average Bonchev–Trinajstić information content (AvgIpc) is 3.16. The monoisotopic (exact) mass is 412 g/mol. The maximum Gasteiger partial charge on any atom is 0.262 e. The van der Waals surface area contributed by atoms with E-state index in [0.717, 1.165) is 36.3 Å². The van der Waals surface area contributed by atoms with Gasteiger partial charge in [-0.2, -0.15) is 0 Å². The molecule has 3 heterocycles. The summed E-state index contributed by atoms with van der Waals surface area (Å²) in [6.07, 6.45) is 3.22. The molecule has 0 spiro atoms. The predicted molar refractivity (Wildman–Crippen MR) is 109 cm³/mol. The van der Waals surface area contributed by atoms with Crippen molar-refractivity contribution in [1.82, 2.24) is 15.1 Å². The van der Waals surface area contributed by atoms with Crippen LogP contribution in [0.25, 0.3) is 0 Å². The molecule has 3 N–H and O–H groups in total. The Hall–Kier alpha value is -2.58. The van der Waals surface area contributed by atoms with Crippen molar-refractivity contribution in [3.05, 3.63) is 34.9 Å². The second-order valence-electron chi connectivity index (χ2n) is 8.60. The molecule has 2 unspecified atom stereocenters. The van der Waals surface area contributed by atoms with Crippen LogP contribution < -0.4 is 11.1 Å². The van der Waals surface area contributed by atoms with E-state index in [2.05, 4.69) is 24.1 Å². The second-order valence-corrected chi connectivity index (χ2v) is 8.60. The number of hydrogen-bond donors (Lipinski definition) is 2. The van der Waals surface area contributed by atoms with E-state index in [1.807, 2.05) is 6.07 Å². The van der Waals surface area contributed by atoms with Gasteiger partial charge >= 0.3 is 0 Å². The first-order valence-corrected chi connectivity index (χ1v) is 10.6. The van der Waals surface area contributed by atoms with E-state index in [1.165, 1.54) is 0 Å². The van der Waals surface area contributed by atoms with Crippen molar-refractivity contribution in [3.63, 3.8) is 0 Å². The molecule has 0 aliphatic carbocycles. The number of piperidine rings is 1. The van der Waals surface area contributed by atoms with E-state index >= 15 is 0 Å². The van der Waals surface area contributed by atoms with Gasteiger partial charge in [0.25, 0.3) is 11.8 Å². The molecule has 160 valence electrons. The van der Waals surface area contributed by atoms with Crippen molar-refractivity contribution in [2.24, 2.45) is 5.73 Å².